The molecule has 0 unspecified atom stereocenters. The number of aryl methyl sites for hydroxylation is 1. The van der Waals surface area contributed by atoms with Gasteiger partial charge in [0.1, 0.15) is 17.3 Å². The fourth-order valence-corrected chi connectivity index (χ4v) is 4.70. The van der Waals surface area contributed by atoms with Gasteiger partial charge in [-0.1, -0.05) is 0 Å². The van der Waals surface area contributed by atoms with Crippen molar-refractivity contribution in [3.8, 4) is 5.75 Å². The maximum atomic E-state index is 12.6. The quantitative estimate of drug-likeness (QED) is 0.554. The van der Waals surface area contributed by atoms with Gasteiger partial charge in [-0.15, -0.1) is 11.8 Å². The Morgan fingerprint density at radius 3 is 2.91 bits per heavy atom. The van der Waals surface area contributed by atoms with Gasteiger partial charge in [-0.25, -0.2) is 4.98 Å². The summed E-state index contributed by atoms with van der Waals surface area (Å²) in [7, 11) is 1.65. The van der Waals surface area contributed by atoms with Crippen LogP contribution in [0.3, 0.4) is 0 Å². The number of amides is 2. The lowest BCUT2D eigenvalue weighted by Gasteiger charge is -2.30. The molecule has 5 rings (SSSR count). The first-order chi connectivity index (χ1) is 16.6. The van der Waals surface area contributed by atoms with Crippen LogP contribution in [0.4, 0.5) is 5.82 Å². The summed E-state index contributed by atoms with van der Waals surface area (Å²) in [6.07, 6.45) is 2.89. The molecule has 1 fully saturated rings. The Hall–Kier alpha value is -3.21. The van der Waals surface area contributed by atoms with Crippen molar-refractivity contribution in [3.63, 3.8) is 0 Å². The van der Waals surface area contributed by atoms with E-state index in [9.17, 15) is 9.59 Å². The van der Waals surface area contributed by atoms with Gasteiger partial charge in [-0.3, -0.25) is 14.6 Å². The van der Waals surface area contributed by atoms with Crippen LogP contribution in [0.25, 0.3) is 10.9 Å². The highest BCUT2D eigenvalue weighted by molar-refractivity contribution is 8.00. The van der Waals surface area contributed by atoms with E-state index in [4.69, 9.17) is 14.2 Å². The fraction of sp³-hybridized carbons (Fsp3) is 0.333. The van der Waals surface area contributed by atoms with Crippen LogP contribution in [0.5, 0.6) is 5.75 Å². The van der Waals surface area contributed by atoms with Crippen molar-refractivity contribution in [3.05, 3.63) is 53.9 Å². The van der Waals surface area contributed by atoms with Crippen molar-refractivity contribution in [2.24, 2.45) is 0 Å². The summed E-state index contributed by atoms with van der Waals surface area (Å²) in [6, 6.07) is 11.0. The second-order valence-corrected chi connectivity index (χ2v) is 9.06. The first-order valence-corrected chi connectivity index (χ1v) is 12.0. The molecule has 0 spiro atoms. The number of carbonyl (C=O) groups excluding carboxylic acids is 2. The van der Waals surface area contributed by atoms with E-state index >= 15 is 0 Å². The van der Waals surface area contributed by atoms with Gasteiger partial charge in [-0.2, -0.15) is 0 Å². The lowest BCUT2D eigenvalue weighted by Crippen LogP contribution is -2.47. The van der Waals surface area contributed by atoms with Gasteiger partial charge in [0.2, 0.25) is 5.91 Å². The minimum atomic E-state index is -0.351. The average Bonchev–Trinajstić information content (AvgIpc) is 2.87. The maximum absolute atomic E-state index is 12.6. The van der Waals surface area contributed by atoms with Crippen molar-refractivity contribution in [2.45, 2.75) is 30.1 Å². The molecule has 0 saturated carbocycles. The normalized spacial score (nSPS) is 19.9. The number of pyridine rings is 2. The van der Waals surface area contributed by atoms with Gasteiger partial charge in [0.05, 0.1) is 42.5 Å². The Labute approximate surface area is 200 Å². The summed E-state index contributed by atoms with van der Waals surface area (Å²) < 4.78 is 17.0. The zero-order valence-corrected chi connectivity index (χ0v) is 19.4. The highest BCUT2D eigenvalue weighted by Crippen LogP contribution is 2.29. The van der Waals surface area contributed by atoms with Gasteiger partial charge in [0.15, 0.2) is 6.29 Å². The molecule has 2 aliphatic heterocycles. The number of hydrogen-bond acceptors (Lipinski definition) is 8. The first-order valence-electron chi connectivity index (χ1n) is 11.0. The van der Waals surface area contributed by atoms with Crippen LogP contribution in [0.15, 0.2) is 47.5 Å². The van der Waals surface area contributed by atoms with Crippen LogP contribution in [0.2, 0.25) is 0 Å². The zero-order chi connectivity index (χ0) is 23.5. The molecule has 34 heavy (non-hydrogen) atoms. The first kappa shape index (κ1) is 22.6. The fourth-order valence-electron chi connectivity index (χ4n) is 3.94. The number of hydrogen-bond donors (Lipinski definition) is 2. The number of rotatable bonds is 6. The molecule has 0 atom stereocenters. The molecule has 2 N–H and O–H groups in total. The van der Waals surface area contributed by atoms with Crippen LogP contribution in [0, 0.1) is 0 Å². The topological polar surface area (TPSA) is 112 Å². The third-order valence-electron chi connectivity index (χ3n) is 5.70. The lowest BCUT2D eigenvalue weighted by atomic mass is 10.0. The molecule has 3 aromatic rings. The molecule has 0 bridgehead atoms. The SMILES string of the molecule is COc1ccc2nccc(CCC3OCC(NC(=O)c4ccc5c(n4)NC(=O)CS5)CO3)c2c1. The molecule has 9 nitrogen and oxygen atoms in total. The van der Waals surface area contributed by atoms with Crippen LogP contribution < -0.4 is 15.4 Å². The predicted molar refractivity (Wildman–Crippen MR) is 127 cm³/mol. The molecule has 4 heterocycles. The van der Waals surface area contributed by atoms with E-state index in [1.165, 1.54) is 11.8 Å². The molecule has 1 saturated heterocycles. The summed E-state index contributed by atoms with van der Waals surface area (Å²) >= 11 is 1.40. The summed E-state index contributed by atoms with van der Waals surface area (Å²) in [6.45, 7) is 0.692. The zero-order valence-electron chi connectivity index (χ0n) is 18.6. The average molecular weight is 481 g/mol. The molecular weight excluding hydrogens is 456 g/mol. The largest absolute Gasteiger partial charge is 0.497 e. The van der Waals surface area contributed by atoms with E-state index in [2.05, 4.69) is 20.6 Å². The maximum Gasteiger partial charge on any atom is 0.270 e. The third-order valence-corrected chi connectivity index (χ3v) is 6.74. The number of benzene rings is 1. The Morgan fingerprint density at radius 1 is 1.24 bits per heavy atom. The summed E-state index contributed by atoms with van der Waals surface area (Å²) in [4.78, 5) is 33.8. The van der Waals surface area contributed by atoms with Crippen molar-refractivity contribution in [2.75, 3.05) is 31.4 Å². The standard InChI is InChI=1S/C24H24N4O5S/c1-31-16-3-4-18-17(10-16)14(8-9-25-18)2-7-22-32-11-15(12-33-22)26-24(30)19-5-6-20-23(27-19)28-21(29)13-34-20/h3-6,8-10,15,22H,2,7,11-13H2,1H3,(H,26,30)(H,27,28,29). The molecule has 176 valence electrons. The van der Waals surface area contributed by atoms with E-state index in [1.807, 2.05) is 24.3 Å². The second-order valence-electron chi connectivity index (χ2n) is 8.04. The van der Waals surface area contributed by atoms with E-state index in [0.717, 1.165) is 33.5 Å². The Kier molecular flexibility index (Phi) is 6.61. The van der Waals surface area contributed by atoms with Crippen LogP contribution >= 0.6 is 11.8 Å². The van der Waals surface area contributed by atoms with Gasteiger partial charge < -0.3 is 24.8 Å². The van der Waals surface area contributed by atoms with Crippen molar-refractivity contribution >= 4 is 40.3 Å². The minimum Gasteiger partial charge on any atom is -0.497 e. The number of carbonyl (C=O) groups is 2. The number of ether oxygens (including phenoxy) is 3. The molecule has 2 aliphatic rings. The van der Waals surface area contributed by atoms with Gasteiger partial charge >= 0.3 is 0 Å². The molecule has 2 aromatic heterocycles. The van der Waals surface area contributed by atoms with E-state index in [0.29, 0.717) is 31.2 Å². The number of methoxy groups -OCH3 is 1. The Balaban J connectivity index is 1.14. The number of fused-ring (bicyclic) bond motifs is 2. The summed E-state index contributed by atoms with van der Waals surface area (Å²) in [5, 5.41) is 6.64. The summed E-state index contributed by atoms with van der Waals surface area (Å²) in [5.74, 6) is 1.11. The number of thioether (sulfide) groups is 1. The van der Waals surface area contributed by atoms with Gasteiger partial charge in [0, 0.05) is 18.0 Å². The second kappa shape index (κ2) is 9.96. The Bertz CT molecular complexity index is 1230. The number of nitrogens with zero attached hydrogens (tertiary/aromatic N) is 2. The van der Waals surface area contributed by atoms with Crippen LogP contribution in [0.1, 0.15) is 22.5 Å². The summed E-state index contributed by atoms with van der Waals surface area (Å²) in [5.41, 5.74) is 2.31. The van der Waals surface area contributed by atoms with Crippen molar-refractivity contribution in [1.82, 2.24) is 15.3 Å². The molecule has 1 aromatic carbocycles. The molecule has 0 radical (unpaired) electrons. The van der Waals surface area contributed by atoms with E-state index < -0.39 is 0 Å². The number of aromatic nitrogens is 2. The van der Waals surface area contributed by atoms with E-state index in [-0.39, 0.29) is 29.8 Å². The number of nitrogens with one attached hydrogen (secondary N) is 2. The highest BCUT2D eigenvalue weighted by atomic mass is 32.2. The van der Waals surface area contributed by atoms with Gasteiger partial charge in [-0.05, 0) is 48.4 Å². The monoisotopic (exact) mass is 480 g/mol. The molecule has 10 heteroatoms. The third kappa shape index (κ3) is 4.98. The molecule has 0 aliphatic carbocycles. The smallest absolute Gasteiger partial charge is 0.270 e. The molecule has 2 amide bonds. The predicted octanol–water partition coefficient (Wildman–Crippen LogP) is 2.79. The molecular formula is C24H24N4O5S. The number of anilines is 1. The van der Waals surface area contributed by atoms with Crippen LogP contribution in [-0.2, 0) is 20.7 Å². The van der Waals surface area contributed by atoms with Crippen LogP contribution in [-0.4, -0.2) is 60.2 Å². The highest BCUT2D eigenvalue weighted by Gasteiger charge is 2.25. The Morgan fingerprint density at radius 2 is 2.09 bits per heavy atom. The van der Waals surface area contributed by atoms with Crippen molar-refractivity contribution < 1.29 is 23.8 Å². The lowest BCUT2D eigenvalue weighted by molar-refractivity contribution is -0.190. The van der Waals surface area contributed by atoms with Crippen molar-refractivity contribution in [1.29, 1.82) is 0 Å². The minimum absolute atomic E-state index is 0.124. The van der Waals surface area contributed by atoms with Gasteiger partial charge in [0.25, 0.3) is 5.91 Å². The van der Waals surface area contributed by atoms with E-state index in [1.54, 1.807) is 25.4 Å².